The predicted molar refractivity (Wildman–Crippen MR) is 185 cm³/mol. The van der Waals surface area contributed by atoms with Crippen molar-refractivity contribution in [3.63, 3.8) is 0 Å². The molecule has 0 spiro atoms. The number of hydrogen-bond donors (Lipinski definition) is 2. The van der Waals surface area contributed by atoms with Crippen molar-refractivity contribution < 1.29 is 27.9 Å². The molecule has 13 heteroatoms. The summed E-state index contributed by atoms with van der Waals surface area (Å²) in [5.41, 5.74) is 2.91. The van der Waals surface area contributed by atoms with Crippen molar-refractivity contribution in [3.8, 4) is 17.2 Å². The van der Waals surface area contributed by atoms with Gasteiger partial charge in [0.1, 0.15) is 29.5 Å². The van der Waals surface area contributed by atoms with Crippen molar-refractivity contribution in [1.82, 2.24) is 14.9 Å². The average molecular weight is 672 g/mol. The quantitative estimate of drug-likeness (QED) is 0.156. The monoisotopic (exact) mass is 671 g/mol. The highest BCUT2D eigenvalue weighted by Gasteiger charge is 2.30. The topological polar surface area (TPSA) is 104 Å². The van der Waals surface area contributed by atoms with Crippen LogP contribution in [0.25, 0.3) is 0 Å². The molecule has 0 bridgehead atoms. The molecule has 3 heterocycles. The lowest BCUT2D eigenvalue weighted by molar-refractivity contribution is -0.111. The van der Waals surface area contributed by atoms with Crippen LogP contribution in [0.15, 0.2) is 79.6 Å². The number of carbonyl (C=O) groups excluding carboxylic acids is 1. The SMILES string of the molecule is C=CC(=O)Nc1cc(Nc2cc(N3OCCC3c3cccc(Oc4cc(F)ccc4F)c3)ncn2)c(OC)cc1N1CCN(CCC)CC1. The van der Waals surface area contributed by atoms with Crippen molar-refractivity contribution in [2.75, 3.05) is 67.0 Å². The van der Waals surface area contributed by atoms with Gasteiger partial charge in [-0.2, -0.15) is 0 Å². The fourth-order valence-corrected chi connectivity index (χ4v) is 6.05. The Morgan fingerprint density at radius 3 is 2.65 bits per heavy atom. The molecule has 1 amide bonds. The smallest absolute Gasteiger partial charge is 0.247 e. The zero-order valence-electron chi connectivity index (χ0n) is 27.5. The van der Waals surface area contributed by atoms with E-state index in [1.807, 2.05) is 18.2 Å². The van der Waals surface area contributed by atoms with Gasteiger partial charge in [0.15, 0.2) is 17.4 Å². The van der Waals surface area contributed by atoms with Crippen LogP contribution in [0.5, 0.6) is 17.2 Å². The van der Waals surface area contributed by atoms with Gasteiger partial charge in [0.05, 0.1) is 36.8 Å². The van der Waals surface area contributed by atoms with Crippen LogP contribution in [-0.4, -0.2) is 67.2 Å². The number of hydroxylamine groups is 1. The van der Waals surface area contributed by atoms with Crippen LogP contribution in [-0.2, 0) is 9.63 Å². The van der Waals surface area contributed by atoms with Gasteiger partial charge in [0, 0.05) is 50.8 Å². The predicted octanol–water partition coefficient (Wildman–Crippen LogP) is 6.84. The summed E-state index contributed by atoms with van der Waals surface area (Å²) in [6.07, 6.45) is 4.43. The number of methoxy groups -OCH3 is 1. The second-order valence-electron chi connectivity index (χ2n) is 11.7. The van der Waals surface area contributed by atoms with Crippen LogP contribution >= 0.6 is 0 Å². The molecular weight excluding hydrogens is 632 g/mol. The number of hydrogen-bond acceptors (Lipinski definition) is 10. The van der Waals surface area contributed by atoms with E-state index in [1.165, 1.54) is 12.4 Å². The fraction of sp³-hybridized carbons (Fsp3) is 0.306. The lowest BCUT2D eigenvalue weighted by atomic mass is 10.0. The third-order valence-corrected chi connectivity index (χ3v) is 8.42. The Hall–Kier alpha value is -5.27. The second-order valence-corrected chi connectivity index (χ2v) is 11.7. The van der Waals surface area contributed by atoms with Gasteiger partial charge in [-0.15, -0.1) is 0 Å². The highest BCUT2D eigenvalue weighted by atomic mass is 19.1. The summed E-state index contributed by atoms with van der Waals surface area (Å²) in [6.45, 7) is 10.8. The minimum atomic E-state index is -0.662. The Bertz CT molecular complexity index is 1800. The number of rotatable bonds is 12. The van der Waals surface area contributed by atoms with Crippen LogP contribution in [0.1, 0.15) is 31.4 Å². The Labute approximate surface area is 284 Å². The van der Waals surface area contributed by atoms with Crippen molar-refractivity contribution in [2.45, 2.75) is 25.8 Å². The number of benzene rings is 3. The highest BCUT2D eigenvalue weighted by molar-refractivity contribution is 6.02. The Kier molecular flexibility index (Phi) is 10.5. The zero-order chi connectivity index (χ0) is 34.3. The van der Waals surface area contributed by atoms with Crippen molar-refractivity contribution in [2.24, 2.45) is 0 Å². The number of carbonyl (C=O) groups is 1. The van der Waals surface area contributed by atoms with Crippen molar-refractivity contribution in [1.29, 1.82) is 0 Å². The van der Waals surface area contributed by atoms with E-state index in [1.54, 1.807) is 36.4 Å². The molecule has 2 aliphatic heterocycles. The molecule has 2 aliphatic rings. The number of piperazine rings is 1. The molecule has 0 saturated carbocycles. The molecule has 4 aromatic rings. The van der Waals surface area contributed by atoms with Crippen LogP contribution < -0.4 is 30.1 Å². The maximum atomic E-state index is 14.2. The molecule has 6 rings (SSSR count). The zero-order valence-corrected chi connectivity index (χ0v) is 27.5. The lowest BCUT2D eigenvalue weighted by Gasteiger charge is -2.37. The number of nitrogens with zero attached hydrogens (tertiary/aromatic N) is 5. The maximum Gasteiger partial charge on any atom is 0.247 e. The molecule has 2 fully saturated rings. The molecule has 11 nitrogen and oxygen atoms in total. The van der Waals surface area contributed by atoms with Gasteiger partial charge in [0.25, 0.3) is 0 Å². The number of ether oxygens (including phenoxy) is 2. The van der Waals surface area contributed by atoms with E-state index in [-0.39, 0.29) is 17.7 Å². The third-order valence-electron chi connectivity index (χ3n) is 8.42. The summed E-state index contributed by atoms with van der Waals surface area (Å²) < 4.78 is 39.4. The molecule has 1 aromatic heterocycles. The minimum Gasteiger partial charge on any atom is -0.494 e. The van der Waals surface area contributed by atoms with Gasteiger partial charge in [-0.1, -0.05) is 25.6 Å². The average Bonchev–Trinajstić information content (AvgIpc) is 3.61. The van der Waals surface area contributed by atoms with Crippen molar-refractivity contribution in [3.05, 3.63) is 96.8 Å². The first-order chi connectivity index (χ1) is 23.8. The third kappa shape index (κ3) is 7.90. The molecule has 3 aromatic carbocycles. The van der Waals surface area contributed by atoms with E-state index >= 15 is 0 Å². The van der Waals surface area contributed by atoms with Crippen LogP contribution in [0.4, 0.5) is 37.5 Å². The van der Waals surface area contributed by atoms with Gasteiger partial charge in [-0.05, 0) is 54.9 Å². The van der Waals surface area contributed by atoms with E-state index in [4.69, 9.17) is 14.3 Å². The van der Waals surface area contributed by atoms with Gasteiger partial charge >= 0.3 is 0 Å². The van der Waals surface area contributed by atoms with Gasteiger partial charge < -0.3 is 25.0 Å². The standard InChI is InChI=1S/C36H39F2N7O4/c1-4-12-43-13-15-44(16-14-43)31-21-33(47-3)29(20-28(31)42-36(46)5-2)41-34-22-35(40-23-39-34)45-30(11-17-48-45)24-7-6-8-26(18-24)49-32-19-25(37)9-10-27(32)38/h5-10,18-23,30H,2,4,11-17H2,1,3H3,(H,42,46)(H,39,40,41). The Balaban J connectivity index is 1.23. The minimum absolute atomic E-state index is 0.201. The fourth-order valence-electron chi connectivity index (χ4n) is 6.05. The van der Waals surface area contributed by atoms with E-state index in [9.17, 15) is 13.6 Å². The van der Waals surface area contributed by atoms with E-state index in [2.05, 4.69) is 43.9 Å². The summed E-state index contributed by atoms with van der Waals surface area (Å²) >= 11 is 0. The Morgan fingerprint density at radius 2 is 1.88 bits per heavy atom. The van der Waals surface area contributed by atoms with E-state index < -0.39 is 11.6 Å². The number of nitrogens with one attached hydrogen (secondary N) is 2. The summed E-state index contributed by atoms with van der Waals surface area (Å²) in [5, 5.41) is 7.98. The summed E-state index contributed by atoms with van der Waals surface area (Å²) in [5.74, 6) is 0.128. The van der Waals surface area contributed by atoms with Gasteiger partial charge in [-0.25, -0.2) is 23.8 Å². The number of halogens is 2. The van der Waals surface area contributed by atoms with E-state index in [0.717, 1.165) is 68.6 Å². The highest BCUT2D eigenvalue weighted by Crippen LogP contribution is 2.40. The van der Waals surface area contributed by atoms with Gasteiger partial charge in [0.2, 0.25) is 5.91 Å². The molecule has 49 heavy (non-hydrogen) atoms. The second kappa shape index (κ2) is 15.3. The summed E-state index contributed by atoms with van der Waals surface area (Å²) in [6, 6.07) is 15.5. The summed E-state index contributed by atoms with van der Waals surface area (Å²) in [4.78, 5) is 32.1. The molecule has 0 aliphatic carbocycles. The first-order valence-electron chi connectivity index (χ1n) is 16.2. The molecular formula is C36H39F2N7O4. The molecule has 2 saturated heterocycles. The Morgan fingerprint density at radius 1 is 1.04 bits per heavy atom. The maximum absolute atomic E-state index is 14.2. The first-order valence-corrected chi connectivity index (χ1v) is 16.2. The molecule has 1 atom stereocenters. The first kappa shape index (κ1) is 33.6. The van der Waals surface area contributed by atoms with Crippen LogP contribution in [0.3, 0.4) is 0 Å². The molecule has 256 valence electrons. The number of anilines is 5. The van der Waals surface area contributed by atoms with Crippen LogP contribution in [0.2, 0.25) is 0 Å². The van der Waals surface area contributed by atoms with Crippen LogP contribution in [0, 0.1) is 11.6 Å². The van der Waals surface area contributed by atoms with Gasteiger partial charge in [-0.3, -0.25) is 14.5 Å². The van der Waals surface area contributed by atoms with Crippen molar-refractivity contribution >= 4 is 34.6 Å². The molecule has 1 unspecified atom stereocenters. The number of aromatic nitrogens is 2. The largest absolute Gasteiger partial charge is 0.494 e. The lowest BCUT2D eigenvalue weighted by Crippen LogP contribution is -2.46. The van der Waals surface area contributed by atoms with E-state index in [0.29, 0.717) is 47.5 Å². The normalized spacial score (nSPS) is 16.4. The summed E-state index contributed by atoms with van der Waals surface area (Å²) in [7, 11) is 1.60. The molecule has 2 N–H and O–H groups in total. The molecule has 0 radical (unpaired) electrons. The number of amides is 1.